The summed E-state index contributed by atoms with van der Waals surface area (Å²) in [6, 6.07) is 15.1. The first-order chi connectivity index (χ1) is 8.13. The lowest BCUT2D eigenvalue weighted by Gasteiger charge is -2.25. The van der Waals surface area contributed by atoms with Gasteiger partial charge in [-0.25, -0.2) is 0 Å². The summed E-state index contributed by atoms with van der Waals surface area (Å²) in [5.41, 5.74) is 6.94. The van der Waals surface area contributed by atoms with Crippen LogP contribution in [0.15, 0.2) is 42.5 Å². The molecule has 0 radical (unpaired) electrons. The molecule has 0 heterocycles. The summed E-state index contributed by atoms with van der Waals surface area (Å²) in [5, 5.41) is 5.80. The molecule has 0 unspecified atom stereocenters. The van der Waals surface area contributed by atoms with Crippen LogP contribution in [0.5, 0.6) is 0 Å². The quantitative estimate of drug-likeness (QED) is 0.789. The summed E-state index contributed by atoms with van der Waals surface area (Å²) < 4.78 is 0. The second-order valence-corrected chi connectivity index (χ2v) is 5.08. The molecule has 0 saturated heterocycles. The van der Waals surface area contributed by atoms with Crippen LogP contribution in [0.2, 0.25) is 0 Å². The summed E-state index contributed by atoms with van der Waals surface area (Å²) in [6.07, 6.45) is 0. The highest BCUT2D eigenvalue weighted by Crippen LogP contribution is 2.26. The Labute approximate surface area is 103 Å². The summed E-state index contributed by atoms with van der Waals surface area (Å²) >= 11 is 0. The zero-order valence-corrected chi connectivity index (χ0v) is 10.5. The van der Waals surface area contributed by atoms with Crippen LogP contribution in [0.25, 0.3) is 10.8 Å². The summed E-state index contributed by atoms with van der Waals surface area (Å²) in [7, 11) is 0. The normalized spacial score (nSPS) is 11.9. The average Bonchev–Trinajstić information content (AvgIpc) is 2.36. The Balaban J connectivity index is 2.35. The summed E-state index contributed by atoms with van der Waals surface area (Å²) in [6.45, 7) is 5.89. The molecular formula is C15H20N2. The first-order valence-electron chi connectivity index (χ1n) is 6.03. The molecule has 0 aliphatic rings. The van der Waals surface area contributed by atoms with E-state index in [9.17, 15) is 0 Å². The Bertz CT molecular complexity index is 503. The van der Waals surface area contributed by atoms with Crippen molar-refractivity contribution in [1.29, 1.82) is 0 Å². The Kier molecular flexibility index (Phi) is 3.46. The van der Waals surface area contributed by atoms with E-state index in [1.807, 2.05) is 0 Å². The van der Waals surface area contributed by atoms with E-state index in [4.69, 9.17) is 5.73 Å². The standard InChI is InChI=1S/C15H20N2/c1-15(2,10-17-11-16)14-8-7-12-5-3-4-6-13(12)9-14/h3-9,17H,10-11,16H2,1-2H3. The van der Waals surface area contributed by atoms with Gasteiger partial charge in [0.05, 0.1) is 0 Å². The van der Waals surface area contributed by atoms with Crippen molar-refractivity contribution >= 4 is 10.8 Å². The van der Waals surface area contributed by atoms with Gasteiger partial charge in [-0.15, -0.1) is 0 Å². The first kappa shape index (κ1) is 12.1. The molecule has 17 heavy (non-hydrogen) atoms. The molecule has 0 aromatic heterocycles. The van der Waals surface area contributed by atoms with Crippen molar-refractivity contribution in [2.45, 2.75) is 19.3 Å². The molecule has 0 amide bonds. The van der Waals surface area contributed by atoms with Crippen molar-refractivity contribution in [1.82, 2.24) is 5.32 Å². The number of fused-ring (bicyclic) bond motifs is 1. The van der Waals surface area contributed by atoms with Crippen molar-refractivity contribution in [2.24, 2.45) is 5.73 Å². The van der Waals surface area contributed by atoms with Gasteiger partial charge in [0, 0.05) is 18.6 Å². The Morgan fingerprint density at radius 3 is 2.47 bits per heavy atom. The Morgan fingerprint density at radius 2 is 1.76 bits per heavy atom. The average molecular weight is 228 g/mol. The van der Waals surface area contributed by atoms with Gasteiger partial charge >= 0.3 is 0 Å². The number of hydrogen-bond donors (Lipinski definition) is 2. The maximum atomic E-state index is 5.49. The van der Waals surface area contributed by atoms with Gasteiger partial charge in [0.15, 0.2) is 0 Å². The fourth-order valence-electron chi connectivity index (χ4n) is 2.10. The molecule has 90 valence electrons. The van der Waals surface area contributed by atoms with Crippen LogP contribution in [-0.4, -0.2) is 13.2 Å². The van der Waals surface area contributed by atoms with Gasteiger partial charge in [0.1, 0.15) is 0 Å². The Hall–Kier alpha value is -1.38. The predicted molar refractivity (Wildman–Crippen MR) is 74.0 cm³/mol. The van der Waals surface area contributed by atoms with E-state index < -0.39 is 0 Å². The summed E-state index contributed by atoms with van der Waals surface area (Å²) in [5.74, 6) is 0. The third-order valence-electron chi connectivity index (χ3n) is 3.24. The fraction of sp³-hybridized carbons (Fsp3) is 0.333. The minimum Gasteiger partial charge on any atom is -0.318 e. The minimum absolute atomic E-state index is 0.101. The number of rotatable bonds is 4. The Morgan fingerprint density at radius 1 is 1.06 bits per heavy atom. The van der Waals surface area contributed by atoms with E-state index in [0.29, 0.717) is 6.67 Å². The van der Waals surface area contributed by atoms with Gasteiger partial charge in [-0.05, 0) is 16.3 Å². The maximum absolute atomic E-state index is 5.49. The lowest BCUT2D eigenvalue weighted by Crippen LogP contribution is -2.35. The molecule has 0 fully saturated rings. The van der Waals surface area contributed by atoms with Crippen molar-refractivity contribution in [3.8, 4) is 0 Å². The van der Waals surface area contributed by atoms with Crippen LogP contribution in [0, 0.1) is 0 Å². The van der Waals surface area contributed by atoms with Crippen LogP contribution in [0.1, 0.15) is 19.4 Å². The van der Waals surface area contributed by atoms with Crippen LogP contribution in [0.4, 0.5) is 0 Å². The van der Waals surface area contributed by atoms with Crippen molar-refractivity contribution in [3.63, 3.8) is 0 Å². The lowest BCUT2D eigenvalue weighted by molar-refractivity contribution is 0.475. The van der Waals surface area contributed by atoms with Crippen molar-refractivity contribution in [3.05, 3.63) is 48.0 Å². The smallest absolute Gasteiger partial charge is 0.0429 e. The van der Waals surface area contributed by atoms with Crippen LogP contribution >= 0.6 is 0 Å². The third kappa shape index (κ3) is 2.65. The molecule has 2 nitrogen and oxygen atoms in total. The number of nitrogens with two attached hydrogens (primary N) is 1. The van der Waals surface area contributed by atoms with E-state index >= 15 is 0 Å². The maximum Gasteiger partial charge on any atom is 0.0429 e. The van der Waals surface area contributed by atoms with Crippen LogP contribution < -0.4 is 11.1 Å². The first-order valence-corrected chi connectivity index (χ1v) is 6.03. The molecule has 0 aliphatic heterocycles. The molecule has 2 heteroatoms. The molecule has 2 aromatic carbocycles. The van der Waals surface area contributed by atoms with Crippen molar-refractivity contribution in [2.75, 3.05) is 13.2 Å². The molecule has 2 aromatic rings. The summed E-state index contributed by atoms with van der Waals surface area (Å²) in [4.78, 5) is 0. The fourth-order valence-corrected chi connectivity index (χ4v) is 2.10. The van der Waals surface area contributed by atoms with E-state index in [2.05, 4.69) is 61.6 Å². The number of benzene rings is 2. The van der Waals surface area contributed by atoms with Gasteiger partial charge < -0.3 is 11.1 Å². The molecule has 0 bridgehead atoms. The topological polar surface area (TPSA) is 38.0 Å². The van der Waals surface area contributed by atoms with E-state index in [-0.39, 0.29) is 5.41 Å². The molecule has 0 aliphatic carbocycles. The SMILES string of the molecule is CC(C)(CNCN)c1ccc2ccccc2c1. The van der Waals surface area contributed by atoms with Crippen LogP contribution in [0.3, 0.4) is 0 Å². The van der Waals surface area contributed by atoms with E-state index in [1.165, 1.54) is 16.3 Å². The second-order valence-electron chi connectivity index (χ2n) is 5.08. The van der Waals surface area contributed by atoms with E-state index in [1.54, 1.807) is 0 Å². The molecule has 2 rings (SSSR count). The minimum atomic E-state index is 0.101. The second kappa shape index (κ2) is 4.86. The van der Waals surface area contributed by atoms with Gasteiger partial charge in [-0.2, -0.15) is 0 Å². The van der Waals surface area contributed by atoms with Gasteiger partial charge in [-0.1, -0.05) is 56.3 Å². The highest BCUT2D eigenvalue weighted by Gasteiger charge is 2.19. The van der Waals surface area contributed by atoms with Crippen LogP contribution in [-0.2, 0) is 5.41 Å². The monoisotopic (exact) mass is 228 g/mol. The highest BCUT2D eigenvalue weighted by molar-refractivity contribution is 5.83. The van der Waals surface area contributed by atoms with Gasteiger partial charge in [0.25, 0.3) is 0 Å². The largest absolute Gasteiger partial charge is 0.318 e. The predicted octanol–water partition coefficient (Wildman–Crippen LogP) is 2.62. The number of hydrogen-bond acceptors (Lipinski definition) is 2. The van der Waals surface area contributed by atoms with Crippen molar-refractivity contribution < 1.29 is 0 Å². The molecule has 3 N–H and O–H groups in total. The molecule has 0 saturated carbocycles. The third-order valence-corrected chi connectivity index (χ3v) is 3.24. The highest BCUT2D eigenvalue weighted by atomic mass is 15.0. The van der Waals surface area contributed by atoms with Gasteiger partial charge in [0.2, 0.25) is 0 Å². The zero-order chi connectivity index (χ0) is 12.3. The molecular weight excluding hydrogens is 208 g/mol. The molecule has 0 atom stereocenters. The number of nitrogens with one attached hydrogen (secondary N) is 1. The zero-order valence-electron chi connectivity index (χ0n) is 10.5. The molecule has 0 spiro atoms. The van der Waals surface area contributed by atoms with Gasteiger partial charge in [-0.3, -0.25) is 0 Å². The lowest BCUT2D eigenvalue weighted by atomic mass is 9.83. The van der Waals surface area contributed by atoms with E-state index in [0.717, 1.165) is 6.54 Å².